The van der Waals surface area contributed by atoms with Crippen LogP contribution in [0.2, 0.25) is 5.02 Å². The number of carbonyl (C=O) groups is 1. The Hall–Kier alpha value is -2.92. The summed E-state index contributed by atoms with van der Waals surface area (Å²) < 4.78 is 5.57. The van der Waals surface area contributed by atoms with Crippen LogP contribution in [0.4, 0.5) is 0 Å². The van der Waals surface area contributed by atoms with Gasteiger partial charge in [-0.25, -0.2) is 9.97 Å². The van der Waals surface area contributed by atoms with Gasteiger partial charge in [0.15, 0.2) is 0 Å². The van der Waals surface area contributed by atoms with Gasteiger partial charge < -0.3 is 10.1 Å². The molecule has 126 valence electrons. The standard InChI is InChI=1S/C19H16ClN3O2/c1-13-10-11-21-19(23-13)25-17-8-4-15(5-9-17)18(24)22-12-14-2-6-16(20)7-3-14/h2-11H,12H2,1H3,(H,22,24). The third-order valence-corrected chi connectivity index (χ3v) is 3.72. The van der Waals surface area contributed by atoms with E-state index in [1.165, 1.54) is 0 Å². The minimum atomic E-state index is -0.159. The number of aryl methyl sites for hydroxylation is 1. The van der Waals surface area contributed by atoms with E-state index >= 15 is 0 Å². The first-order valence-corrected chi connectivity index (χ1v) is 8.08. The zero-order valence-electron chi connectivity index (χ0n) is 13.6. The number of rotatable bonds is 5. The Balaban J connectivity index is 1.59. The van der Waals surface area contributed by atoms with E-state index < -0.39 is 0 Å². The van der Waals surface area contributed by atoms with Gasteiger partial charge in [-0.2, -0.15) is 0 Å². The Bertz CT molecular complexity index is 865. The molecule has 1 heterocycles. The third-order valence-electron chi connectivity index (χ3n) is 3.46. The summed E-state index contributed by atoms with van der Waals surface area (Å²) in [4.78, 5) is 20.4. The molecule has 0 radical (unpaired) electrons. The van der Waals surface area contributed by atoms with Crippen molar-refractivity contribution >= 4 is 17.5 Å². The summed E-state index contributed by atoms with van der Waals surface area (Å²) in [5, 5.41) is 3.53. The van der Waals surface area contributed by atoms with Gasteiger partial charge in [-0.3, -0.25) is 4.79 Å². The van der Waals surface area contributed by atoms with Gasteiger partial charge in [0.1, 0.15) is 5.75 Å². The number of ether oxygens (including phenoxy) is 1. The van der Waals surface area contributed by atoms with E-state index in [1.54, 1.807) is 48.7 Å². The number of amides is 1. The summed E-state index contributed by atoms with van der Waals surface area (Å²) in [6.07, 6.45) is 1.64. The highest BCUT2D eigenvalue weighted by atomic mass is 35.5. The molecular formula is C19H16ClN3O2. The predicted molar refractivity (Wildman–Crippen MR) is 95.9 cm³/mol. The molecule has 0 fully saturated rings. The lowest BCUT2D eigenvalue weighted by atomic mass is 10.2. The molecular weight excluding hydrogens is 338 g/mol. The first-order chi connectivity index (χ1) is 12.1. The number of benzene rings is 2. The summed E-state index contributed by atoms with van der Waals surface area (Å²) in [6.45, 7) is 2.30. The molecule has 1 N–H and O–H groups in total. The van der Waals surface area contributed by atoms with Gasteiger partial charge in [-0.05, 0) is 55.0 Å². The van der Waals surface area contributed by atoms with Gasteiger partial charge in [-0.1, -0.05) is 23.7 Å². The molecule has 0 aliphatic carbocycles. The van der Waals surface area contributed by atoms with Gasteiger partial charge in [-0.15, -0.1) is 0 Å². The van der Waals surface area contributed by atoms with Crippen molar-refractivity contribution in [3.8, 4) is 11.8 Å². The molecule has 0 spiro atoms. The van der Waals surface area contributed by atoms with Crippen LogP contribution < -0.4 is 10.1 Å². The highest BCUT2D eigenvalue weighted by Crippen LogP contribution is 2.18. The van der Waals surface area contributed by atoms with Crippen molar-refractivity contribution in [2.24, 2.45) is 0 Å². The molecule has 0 unspecified atom stereocenters. The second kappa shape index (κ2) is 7.77. The molecule has 0 saturated carbocycles. The Labute approximate surface area is 150 Å². The summed E-state index contributed by atoms with van der Waals surface area (Å²) in [6, 6.07) is 16.2. The predicted octanol–water partition coefficient (Wildman–Crippen LogP) is 4.16. The monoisotopic (exact) mass is 353 g/mol. The molecule has 0 aliphatic rings. The summed E-state index contributed by atoms with van der Waals surface area (Å²) >= 11 is 5.84. The molecule has 3 rings (SSSR count). The van der Waals surface area contributed by atoms with Crippen molar-refractivity contribution in [2.45, 2.75) is 13.5 Å². The van der Waals surface area contributed by atoms with E-state index in [0.717, 1.165) is 11.3 Å². The zero-order valence-corrected chi connectivity index (χ0v) is 14.3. The van der Waals surface area contributed by atoms with Crippen molar-refractivity contribution in [1.29, 1.82) is 0 Å². The fraction of sp³-hybridized carbons (Fsp3) is 0.105. The van der Waals surface area contributed by atoms with Gasteiger partial charge in [0.05, 0.1) is 0 Å². The van der Waals surface area contributed by atoms with Crippen molar-refractivity contribution in [3.05, 3.63) is 82.6 Å². The van der Waals surface area contributed by atoms with Gasteiger partial charge >= 0.3 is 6.01 Å². The summed E-state index contributed by atoms with van der Waals surface area (Å²) in [5.74, 6) is 0.410. The number of aromatic nitrogens is 2. The Morgan fingerprint density at radius 1 is 1.08 bits per heavy atom. The summed E-state index contributed by atoms with van der Waals surface area (Å²) in [7, 11) is 0. The molecule has 0 bridgehead atoms. The third kappa shape index (κ3) is 4.78. The maximum absolute atomic E-state index is 12.2. The first kappa shape index (κ1) is 16.9. The van der Waals surface area contributed by atoms with Crippen LogP contribution in [0.15, 0.2) is 60.8 Å². The van der Waals surface area contributed by atoms with E-state index in [4.69, 9.17) is 16.3 Å². The van der Waals surface area contributed by atoms with Crippen LogP contribution >= 0.6 is 11.6 Å². The minimum absolute atomic E-state index is 0.159. The molecule has 2 aromatic carbocycles. The van der Waals surface area contributed by atoms with Crippen LogP contribution in [0.5, 0.6) is 11.8 Å². The second-order valence-corrected chi connectivity index (χ2v) is 5.85. The van der Waals surface area contributed by atoms with Crippen molar-refractivity contribution < 1.29 is 9.53 Å². The molecule has 0 saturated heterocycles. The van der Waals surface area contributed by atoms with Crippen molar-refractivity contribution in [2.75, 3.05) is 0 Å². The fourth-order valence-electron chi connectivity index (χ4n) is 2.14. The van der Waals surface area contributed by atoms with Crippen LogP contribution in [0, 0.1) is 6.92 Å². The number of hydrogen-bond donors (Lipinski definition) is 1. The largest absolute Gasteiger partial charge is 0.424 e. The average Bonchev–Trinajstić information content (AvgIpc) is 2.62. The molecule has 0 atom stereocenters. The topological polar surface area (TPSA) is 64.1 Å². The number of nitrogens with one attached hydrogen (secondary N) is 1. The number of carbonyl (C=O) groups excluding carboxylic acids is 1. The quantitative estimate of drug-likeness (QED) is 0.748. The number of halogens is 1. The molecule has 1 amide bonds. The summed E-state index contributed by atoms with van der Waals surface area (Å²) in [5.41, 5.74) is 2.35. The maximum atomic E-state index is 12.2. The molecule has 0 aliphatic heterocycles. The number of hydrogen-bond acceptors (Lipinski definition) is 4. The van der Waals surface area contributed by atoms with Crippen LogP contribution in [-0.4, -0.2) is 15.9 Å². The van der Waals surface area contributed by atoms with Crippen LogP contribution in [0.3, 0.4) is 0 Å². The average molecular weight is 354 g/mol. The van der Waals surface area contributed by atoms with Crippen molar-refractivity contribution in [3.63, 3.8) is 0 Å². The zero-order chi connectivity index (χ0) is 17.6. The Morgan fingerprint density at radius 2 is 1.80 bits per heavy atom. The molecule has 5 nitrogen and oxygen atoms in total. The molecule has 1 aromatic heterocycles. The second-order valence-electron chi connectivity index (χ2n) is 5.42. The molecule has 3 aromatic rings. The van der Waals surface area contributed by atoms with Gasteiger partial charge in [0.25, 0.3) is 5.91 Å². The molecule has 6 heteroatoms. The minimum Gasteiger partial charge on any atom is -0.424 e. The van der Waals surface area contributed by atoms with E-state index in [9.17, 15) is 4.79 Å². The van der Waals surface area contributed by atoms with E-state index in [-0.39, 0.29) is 11.9 Å². The Morgan fingerprint density at radius 3 is 2.48 bits per heavy atom. The highest BCUT2D eigenvalue weighted by molar-refractivity contribution is 6.30. The first-order valence-electron chi connectivity index (χ1n) is 7.70. The maximum Gasteiger partial charge on any atom is 0.322 e. The normalized spacial score (nSPS) is 10.3. The highest BCUT2D eigenvalue weighted by Gasteiger charge is 2.07. The molecule has 25 heavy (non-hydrogen) atoms. The van der Waals surface area contributed by atoms with Gasteiger partial charge in [0, 0.05) is 29.0 Å². The van der Waals surface area contributed by atoms with Gasteiger partial charge in [0.2, 0.25) is 0 Å². The smallest absolute Gasteiger partial charge is 0.322 e. The van der Waals surface area contributed by atoms with E-state index in [1.807, 2.05) is 19.1 Å². The van der Waals surface area contributed by atoms with Crippen LogP contribution in [0.1, 0.15) is 21.6 Å². The fourth-order valence-corrected chi connectivity index (χ4v) is 2.27. The van der Waals surface area contributed by atoms with Crippen molar-refractivity contribution in [1.82, 2.24) is 15.3 Å². The lowest BCUT2D eigenvalue weighted by molar-refractivity contribution is 0.0951. The SMILES string of the molecule is Cc1ccnc(Oc2ccc(C(=O)NCc3ccc(Cl)cc3)cc2)n1. The lowest BCUT2D eigenvalue weighted by Gasteiger charge is -2.07. The Kier molecular flexibility index (Phi) is 5.26. The number of nitrogens with zero attached hydrogens (tertiary/aromatic N) is 2. The van der Waals surface area contributed by atoms with Crippen LogP contribution in [-0.2, 0) is 6.54 Å². The van der Waals surface area contributed by atoms with Crippen LogP contribution in [0.25, 0.3) is 0 Å². The lowest BCUT2D eigenvalue weighted by Crippen LogP contribution is -2.22. The van der Waals surface area contributed by atoms with E-state index in [2.05, 4.69) is 15.3 Å². The van der Waals surface area contributed by atoms with E-state index in [0.29, 0.717) is 22.9 Å².